The molecule has 1 aromatic heterocycles. The highest BCUT2D eigenvalue weighted by atomic mass is 19.4. The number of alkyl halides is 3. The van der Waals surface area contributed by atoms with E-state index in [1.165, 1.54) is 12.4 Å². The predicted octanol–water partition coefficient (Wildman–Crippen LogP) is 1.58. The topological polar surface area (TPSA) is 39.1 Å². The summed E-state index contributed by atoms with van der Waals surface area (Å²) in [5.41, 5.74) is 0. The number of aromatic nitrogens is 2. The first-order valence-corrected chi connectivity index (χ1v) is 5.49. The third-order valence-corrected chi connectivity index (χ3v) is 2.54. The summed E-state index contributed by atoms with van der Waals surface area (Å²) in [5.74, 6) is 0.404. The maximum absolute atomic E-state index is 12.1. The third-order valence-electron chi connectivity index (χ3n) is 2.54. The number of hydrogen-bond donors (Lipinski definition) is 1. The highest BCUT2D eigenvalue weighted by Gasteiger charge is 2.28. The molecule has 0 unspecified atom stereocenters. The van der Waals surface area contributed by atoms with Crippen LogP contribution in [0.25, 0.3) is 0 Å². The molecule has 2 rings (SSSR count). The molecule has 0 spiro atoms. The summed E-state index contributed by atoms with van der Waals surface area (Å²) in [5, 5.41) is 6.81. The molecule has 1 fully saturated rings. The Bertz CT molecular complexity index is 358. The maximum atomic E-state index is 12.1. The van der Waals surface area contributed by atoms with Crippen molar-refractivity contribution in [2.24, 2.45) is 0 Å². The number of piperidine rings is 1. The molecular formula is C10H14F3N3O. The van der Waals surface area contributed by atoms with Crippen LogP contribution in [0, 0.1) is 0 Å². The normalized spacial score (nSPS) is 18.3. The van der Waals surface area contributed by atoms with Crippen molar-refractivity contribution >= 4 is 0 Å². The molecule has 1 saturated heterocycles. The van der Waals surface area contributed by atoms with Crippen molar-refractivity contribution in [2.75, 3.05) is 13.1 Å². The minimum Gasteiger partial charge on any atom is -0.487 e. The van der Waals surface area contributed by atoms with Gasteiger partial charge in [-0.25, -0.2) is 0 Å². The standard InChI is InChI=1S/C10H14F3N3O/c11-10(12,13)7-16-6-9(5-15-16)17-8-1-3-14-4-2-8/h5-6,8,14H,1-4,7H2. The lowest BCUT2D eigenvalue weighted by Gasteiger charge is -2.22. The lowest BCUT2D eigenvalue weighted by Crippen LogP contribution is -2.34. The van der Waals surface area contributed by atoms with Gasteiger partial charge in [0.25, 0.3) is 0 Å². The number of hydrogen-bond acceptors (Lipinski definition) is 3. The van der Waals surface area contributed by atoms with Gasteiger partial charge in [-0.05, 0) is 25.9 Å². The predicted molar refractivity (Wildman–Crippen MR) is 54.8 cm³/mol. The number of nitrogens with zero attached hydrogens (tertiary/aromatic N) is 2. The first-order valence-electron chi connectivity index (χ1n) is 5.49. The van der Waals surface area contributed by atoms with Crippen LogP contribution < -0.4 is 10.1 Å². The Labute approximate surface area is 96.7 Å². The lowest BCUT2D eigenvalue weighted by atomic mass is 10.1. The Kier molecular flexibility index (Phi) is 3.56. The van der Waals surface area contributed by atoms with E-state index in [4.69, 9.17) is 4.74 Å². The Morgan fingerprint density at radius 3 is 2.76 bits per heavy atom. The van der Waals surface area contributed by atoms with Crippen LogP contribution >= 0.6 is 0 Å². The van der Waals surface area contributed by atoms with E-state index in [1.807, 2.05) is 0 Å². The molecule has 0 atom stereocenters. The average Bonchev–Trinajstić information content (AvgIpc) is 2.64. The average molecular weight is 249 g/mol. The van der Waals surface area contributed by atoms with Gasteiger partial charge in [-0.2, -0.15) is 18.3 Å². The van der Waals surface area contributed by atoms with Gasteiger partial charge in [-0.3, -0.25) is 4.68 Å². The molecule has 4 nitrogen and oxygen atoms in total. The zero-order valence-corrected chi connectivity index (χ0v) is 9.20. The molecule has 0 saturated carbocycles. The van der Waals surface area contributed by atoms with Crippen LogP contribution in [0.4, 0.5) is 13.2 Å². The van der Waals surface area contributed by atoms with Gasteiger partial charge < -0.3 is 10.1 Å². The number of nitrogens with one attached hydrogen (secondary N) is 1. The highest BCUT2D eigenvalue weighted by molar-refractivity contribution is 5.12. The highest BCUT2D eigenvalue weighted by Crippen LogP contribution is 2.20. The molecule has 0 bridgehead atoms. The summed E-state index contributed by atoms with van der Waals surface area (Å²) in [6.07, 6.45) is 0.163. The van der Waals surface area contributed by atoms with Gasteiger partial charge in [0.15, 0.2) is 5.75 Å². The third kappa shape index (κ3) is 3.92. The van der Waals surface area contributed by atoms with Gasteiger partial charge in [0.1, 0.15) is 12.6 Å². The van der Waals surface area contributed by atoms with Crippen LogP contribution in [0.3, 0.4) is 0 Å². The van der Waals surface area contributed by atoms with Crippen LogP contribution in [0.1, 0.15) is 12.8 Å². The largest absolute Gasteiger partial charge is 0.487 e. The zero-order chi connectivity index (χ0) is 12.3. The number of halogens is 3. The summed E-state index contributed by atoms with van der Waals surface area (Å²) in [6.45, 7) is 0.672. The summed E-state index contributed by atoms with van der Waals surface area (Å²) < 4.78 is 42.7. The number of ether oxygens (including phenoxy) is 1. The molecule has 17 heavy (non-hydrogen) atoms. The lowest BCUT2D eigenvalue weighted by molar-refractivity contribution is -0.142. The van der Waals surface area contributed by atoms with Crippen molar-refractivity contribution in [1.29, 1.82) is 0 Å². The van der Waals surface area contributed by atoms with Crippen LogP contribution in [0.5, 0.6) is 5.75 Å². The minimum atomic E-state index is -4.25. The van der Waals surface area contributed by atoms with Crippen LogP contribution in [-0.4, -0.2) is 35.2 Å². The van der Waals surface area contributed by atoms with Crippen molar-refractivity contribution in [3.63, 3.8) is 0 Å². The fraction of sp³-hybridized carbons (Fsp3) is 0.700. The monoisotopic (exact) mass is 249 g/mol. The van der Waals surface area contributed by atoms with Crippen molar-refractivity contribution in [2.45, 2.75) is 31.7 Å². The van der Waals surface area contributed by atoms with Crippen molar-refractivity contribution < 1.29 is 17.9 Å². The Morgan fingerprint density at radius 1 is 1.41 bits per heavy atom. The summed E-state index contributed by atoms with van der Waals surface area (Å²) >= 11 is 0. The van der Waals surface area contributed by atoms with Crippen molar-refractivity contribution in [3.8, 4) is 5.75 Å². The Balaban J connectivity index is 1.89. The SMILES string of the molecule is FC(F)(F)Cn1cc(OC2CCNCC2)cn1. The molecule has 0 radical (unpaired) electrons. The minimum absolute atomic E-state index is 0.0692. The second-order valence-electron chi connectivity index (χ2n) is 4.06. The summed E-state index contributed by atoms with van der Waals surface area (Å²) in [7, 11) is 0. The van der Waals surface area contributed by atoms with Gasteiger partial charge >= 0.3 is 6.18 Å². The molecule has 0 aliphatic carbocycles. The molecule has 1 aliphatic rings. The van der Waals surface area contributed by atoms with Crippen LogP contribution in [0.15, 0.2) is 12.4 Å². The van der Waals surface area contributed by atoms with Gasteiger partial charge in [0, 0.05) is 0 Å². The Morgan fingerprint density at radius 2 is 2.12 bits per heavy atom. The molecule has 7 heteroatoms. The first-order chi connectivity index (χ1) is 8.03. The van der Waals surface area contributed by atoms with Gasteiger partial charge in [0.2, 0.25) is 0 Å². The van der Waals surface area contributed by atoms with Gasteiger partial charge in [0.05, 0.1) is 12.4 Å². The van der Waals surface area contributed by atoms with E-state index >= 15 is 0 Å². The molecule has 1 N–H and O–H groups in total. The fourth-order valence-corrected chi connectivity index (χ4v) is 1.78. The second kappa shape index (κ2) is 4.95. The maximum Gasteiger partial charge on any atom is 0.408 e. The molecule has 96 valence electrons. The summed E-state index contributed by atoms with van der Waals surface area (Å²) in [6, 6.07) is 0. The van der Waals surface area contributed by atoms with E-state index in [1.54, 1.807) is 0 Å². The van der Waals surface area contributed by atoms with Crippen molar-refractivity contribution in [1.82, 2.24) is 15.1 Å². The second-order valence-corrected chi connectivity index (χ2v) is 4.06. The van der Waals surface area contributed by atoms with E-state index in [2.05, 4.69) is 10.4 Å². The van der Waals surface area contributed by atoms with E-state index in [0.717, 1.165) is 30.6 Å². The smallest absolute Gasteiger partial charge is 0.408 e. The van der Waals surface area contributed by atoms with Gasteiger partial charge in [-0.1, -0.05) is 0 Å². The quantitative estimate of drug-likeness (QED) is 0.884. The molecule has 2 heterocycles. The van der Waals surface area contributed by atoms with Crippen LogP contribution in [-0.2, 0) is 6.54 Å². The molecule has 0 aromatic carbocycles. The zero-order valence-electron chi connectivity index (χ0n) is 9.20. The summed E-state index contributed by atoms with van der Waals surface area (Å²) in [4.78, 5) is 0. The fourth-order valence-electron chi connectivity index (χ4n) is 1.78. The van der Waals surface area contributed by atoms with E-state index < -0.39 is 12.7 Å². The van der Waals surface area contributed by atoms with E-state index in [-0.39, 0.29) is 6.10 Å². The van der Waals surface area contributed by atoms with Gasteiger partial charge in [-0.15, -0.1) is 0 Å². The van der Waals surface area contributed by atoms with E-state index in [0.29, 0.717) is 5.75 Å². The molecule has 0 amide bonds. The first kappa shape index (κ1) is 12.2. The molecule has 1 aromatic rings. The number of rotatable bonds is 3. The van der Waals surface area contributed by atoms with E-state index in [9.17, 15) is 13.2 Å². The van der Waals surface area contributed by atoms with Crippen molar-refractivity contribution in [3.05, 3.63) is 12.4 Å². The molecular weight excluding hydrogens is 235 g/mol. The van der Waals surface area contributed by atoms with Crippen LogP contribution in [0.2, 0.25) is 0 Å². The molecule has 1 aliphatic heterocycles. The Hall–Kier alpha value is -1.24.